The highest BCUT2D eigenvalue weighted by Crippen LogP contribution is 2.23. The van der Waals surface area contributed by atoms with Gasteiger partial charge in [-0.05, 0) is 17.4 Å². The van der Waals surface area contributed by atoms with Crippen LogP contribution in [0.2, 0.25) is 0 Å². The summed E-state index contributed by atoms with van der Waals surface area (Å²) in [6, 6.07) is 10.2. The second-order valence-corrected chi connectivity index (χ2v) is 6.27. The molecule has 3 heteroatoms. The van der Waals surface area contributed by atoms with Crippen molar-refractivity contribution in [1.29, 1.82) is 0 Å². The molecule has 100 valence electrons. The number of hydrogen-bond donors (Lipinski definition) is 1. The third kappa shape index (κ3) is 4.13. The lowest BCUT2D eigenvalue weighted by molar-refractivity contribution is -0.122. The van der Waals surface area contributed by atoms with Crippen molar-refractivity contribution in [3.8, 4) is 0 Å². The maximum Gasteiger partial charge on any atom is 0.234 e. The first kappa shape index (κ1) is 15.2. The Balaban J connectivity index is 2.80. The van der Waals surface area contributed by atoms with Gasteiger partial charge in [0.05, 0.1) is 10.9 Å². The smallest absolute Gasteiger partial charge is 0.234 e. The van der Waals surface area contributed by atoms with E-state index in [0.29, 0.717) is 5.92 Å². The number of alkyl halides is 1. The van der Waals surface area contributed by atoms with Crippen LogP contribution >= 0.6 is 15.9 Å². The van der Waals surface area contributed by atoms with Crippen molar-refractivity contribution < 1.29 is 4.79 Å². The van der Waals surface area contributed by atoms with Gasteiger partial charge in [0.1, 0.15) is 0 Å². The maximum atomic E-state index is 12.1. The molecule has 1 amide bonds. The molecule has 0 fully saturated rings. The number of rotatable bonds is 5. The number of amides is 1. The van der Waals surface area contributed by atoms with Crippen molar-refractivity contribution in [1.82, 2.24) is 5.32 Å². The van der Waals surface area contributed by atoms with Crippen LogP contribution in [-0.4, -0.2) is 10.7 Å². The zero-order valence-electron chi connectivity index (χ0n) is 11.5. The Bertz CT molecular complexity index is 375. The molecule has 0 bridgehead atoms. The Morgan fingerprint density at radius 2 is 1.61 bits per heavy atom. The van der Waals surface area contributed by atoms with Crippen LogP contribution in [-0.2, 0) is 4.79 Å². The molecule has 2 nitrogen and oxygen atoms in total. The molecule has 2 atom stereocenters. The second-order valence-electron chi connectivity index (χ2n) is 5.29. The minimum atomic E-state index is -0.137. The number of benzene rings is 1. The van der Waals surface area contributed by atoms with Crippen molar-refractivity contribution in [3.63, 3.8) is 0 Å². The molecule has 0 aliphatic rings. The Kier molecular flexibility index (Phi) is 5.86. The Morgan fingerprint density at radius 3 is 2.06 bits per heavy atom. The molecule has 1 aromatic carbocycles. The lowest BCUT2D eigenvalue weighted by Gasteiger charge is -2.25. The van der Waals surface area contributed by atoms with Crippen molar-refractivity contribution >= 4 is 21.8 Å². The molecule has 2 unspecified atom stereocenters. The van der Waals surface area contributed by atoms with Gasteiger partial charge in [-0.1, -0.05) is 74.0 Å². The fourth-order valence-electron chi connectivity index (χ4n) is 1.83. The lowest BCUT2D eigenvalue weighted by Crippen LogP contribution is -2.38. The summed E-state index contributed by atoms with van der Waals surface area (Å²) >= 11 is 3.45. The van der Waals surface area contributed by atoms with E-state index in [1.54, 1.807) is 0 Å². The summed E-state index contributed by atoms with van der Waals surface area (Å²) in [6.45, 7) is 8.31. The van der Waals surface area contributed by atoms with Gasteiger partial charge in [0.15, 0.2) is 0 Å². The highest BCUT2D eigenvalue weighted by atomic mass is 79.9. The van der Waals surface area contributed by atoms with Crippen LogP contribution in [0.3, 0.4) is 0 Å². The van der Waals surface area contributed by atoms with E-state index in [0.717, 1.165) is 5.56 Å². The number of halogens is 1. The SMILES string of the molecule is CC(C)C(Br)C(=O)NC(c1ccccc1)C(C)C. The van der Waals surface area contributed by atoms with Crippen molar-refractivity contribution in [2.24, 2.45) is 11.8 Å². The number of hydrogen-bond acceptors (Lipinski definition) is 1. The maximum absolute atomic E-state index is 12.1. The highest BCUT2D eigenvalue weighted by molar-refractivity contribution is 9.10. The van der Waals surface area contributed by atoms with Gasteiger partial charge >= 0.3 is 0 Å². The van der Waals surface area contributed by atoms with Crippen LogP contribution in [0.4, 0.5) is 0 Å². The van der Waals surface area contributed by atoms with E-state index in [1.807, 2.05) is 32.0 Å². The standard InChI is InChI=1S/C15H22BrNO/c1-10(2)13(16)15(18)17-14(11(3)4)12-8-6-5-7-9-12/h5-11,13-14H,1-4H3,(H,17,18). The minimum absolute atomic E-state index is 0.0625. The minimum Gasteiger partial charge on any atom is -0.348 e. The van der Waals surface area contributed by atoms with E-state index in [2.05, 4.69) is 47.2 Å². The van der Waals surface area contributed by atoms with Crippen molar-refractivity contribution in [2.45, 2.75) is 38.6 Å². The predicted molar refractivity (Wildman–Crippen MR) is 79.7 cm³/mol. The lowest BCUT2D eigenvalue weighted by atomic mass is 9.95. The van der Waals surface area contributed by atoms with Crippen LogP contribution in [0.5, 0.6) is 0 Å². The number of carbonyl (C=O) groups is 1. The molecule has 0 aromatic heterocycles. The third-order valence-electron chi connectivity index (χ3n) is 2.96. The largest absolute Gasteiger partial charge is 0.348 e. The predicted octanol–water partition coefficient (Wildman–Crippen LogP) is 3.92. The summed E-state index contributed by atoms with van der Waals surface area (Å²) in [5.74, 6) is 0.712. The molecule has 18 heavy (non-hydrogen) atoms. The van der Waals surface area contributed by atoms with E-state index >= 15 is 0 Å². The van der Waals surface area contributed by atoms with E-state index in [-0.39, 0.29) is 22.7 Å². The molecule has 0 saturated carbocycles. The van der Waals surface area contributed by atoms with Gasteiger partial charge in [-0.25, -0.2) is 0 Å². The zero-order valence-corrected chi connectivity index (χ0v) is 13.1. The summed E-state index contributed by atoms with van der Waals surface area (Å²) in [5, 5.41) is 3.13. The van der Waals surface area contributed by atoms with Crippen LogP contribution in [0, 0.1) is 11.8 Å². The van der Waals surface area contributed by atoms with Crippen LogP contribution in [0.25, 0.3) is 0 Å². The number of nitrogens with one attached hydrogen (secondary N) is 1. The molecule has 0 spiro atoms. The molecule has 0 saturated heterocycles. The molecule has 1 aromatic rings. The Morgan fingerprint density at radius 1 is 1.06 bits per heavy atom. The molecule has 0 aliphatic heterocycles. The fourth-order valence-corrected chi connectivity index (χ4v) is 1.96. The van der Waals surface area contributed by atoms with E-state index < -0.39 is 0 Å². The Labute approximate surface area is 118 Å². The van der Waals surface area contributed by atoms with Crippen LogP contribution in [0.15, 0.2) is 30.3 Å². The summed E-state index contributed by atoms with van der Waals surface area (Å²) in [6.07, 6.45) is 0. The summed E-state index contributed by atoms with van der Waals surface area (Å²) < 4.78 is 0. The average Bonchev–Trinajstić information content (AvgIpc) is 2.35. The average molecular weight is 312 g/mol. The van der Waals surface area contributed by atoms with E-state index in [4.69, 9.17) is 0 Å². The van der Waals surface area contributed by atoms with Gasteiger partial charge < -0.3 is 5.32 Å². The zero-order chi connectivity index (χ0) is 13.7. The third-order valence-corrected chi connectivity index (χ3v) is 4.43. The van der Waals surface area contributed by atoms with Gasteiger partial charge in [-0.15, -0.1) is 0 Å². The quantitative estimate of drug-likeness (QED) is 0.820. The topological polar surface area (TPSA) is 29.1 Å². The van der Waals surface area contributed by atoms with Gasteiger partial charge in [-0.2, -0.15) is 0 Å². The Hall–Kier alpha value is -0.830. The summed E-state index contributed by atoms with van der Waals surface area (Å²) in [5.41, 5.74) is 1.16. The van der Waals surface area contributed by atoms with Crippen molar-refractivity contribution in [3.05, 3.63) is 35.9 Å². The number of carbonyl (C=O) groups excluding carboxylic acids is 1. The molecule has 0 radical (unpaired) electrons. The highest BCUT2D eigenvalue weighted by Gasteiger charge is 2.24. The molecular formula is C15H22BrNO. The van der Waals surface area contributed by atoms with E-state index in [1.165, 1.54) is 0 Å². The first-order valence-electron chi connectivity index (χ1n) is 6.43. The van der Waals surface area contributed by atoms with Crippen LogP contribution in [0.1, 0.15) is 39.3 Å². The van der Waals surface area contributed by atoms with Gasteiger partial charge in [0.25, 0.3) is 0 Å². The molecule has 1 rings (SSSR count). The molecular weight excluding hydrogens is 290 g/mol. The fraction of sp³-hybridized carbons (Fsp3) is 0.533. The van der Waals surface area contributed by atoms with Crippen LogP contribution < -0.4 is 5.32 Å². The summed E-state index contributed by atoms with van der Waals surface area (Å²) in [7, 11) is 0. The summed E-state index contributed by atoms with van der Waals surface area (Å²) in [4.78, 5) is 12.0. The molecule has 0 heterocycles. The first-order valence-corrected chi connectivity index (χ1v) is 7.34. The van der Waals surface area contributed by atoms with Gasteiger partial charge in [-0.3, -0.25) is 4.79 Å². The molecule has 0 aliphatic carbocycles. The van der Waals surface area contributed by atoms with Gasteiger partial charge in [0.2, 0.25) is 5.91 Å². The second kappa shape index (κ2) is 6.93. The monoisotopic (exact) mass is 311 g/mol. The van der Waals surface area contributed by atoms with Gasteiger partial charge in [0, 0.05) is 0 Å². The van der Waals surface area contributed by atoms with E-state index in [9.17, 15) is 4.79 Å². The molecule has 1 N–H and O–H groups in total. The first-order chi connectivity index (χ1) is 8.43. The van der Waals surface area contributed by atoms with Crippen molar-refractivity contribution in [2.75, 3.05) is 0 Å². The normalized spacial score (nSPS) is 14.6.